The summed E-state index contributed by atoms with van der Waals surface area (Å²) in [5.74, 6) is 0. The summed E-state index contributed by atoms with van der Waals surface area (Å²) in [6, 6.07) is 5.59. The lowest BCUT2D eigenvalue weighted by Gasteiger charge is -2.16. The summed E-state index contributed by atoms with van der Waals surface area (Å²) in [6.07, 6.45) is 4.00. The predicted molar refractivity (Wildman–Crippen MR) is 71.6 cm³/mol. The van der Waals surface area contributed by atoms with E-state index < -0.39 is 0 Å². The predicted octanol–water partition coefficient (Wildman–Crippen LogP) is 2.57. The van der Waals surface area contributed by atoms with E-state index in [0.29, 0.717) is 0 Å². The fourth-order valence-electron chi connectivity index (χ4n) is 1.23. The van der Waals surface area contributed by atoms with Gasteiger partial charge >= 0.3 is 0 Å². The highest BCUT2D eigenvalue weighted by atomic mass is 16.1. The van der Waals surface area contributed by atoms with Gasteiger partial charge in [-0.1, -0.05) is 19.9 Å². The van der Waals surface area contributed by atoms with Gasteiger partial charge in [-0.3, -0.25) is 4.79 Å². The topological polar surface area (TPSA) is 46.3 Å². The van der Waals surface area contributed by atoms with Gasteiger partial charge in [0, 0.05) is 25.5 Å². The van der Waals surface area contributed by atoms with E-state index in [9.17, 15) is 4.79 Å². The molecule has 0 fully saturated rings. The summed E-state index contributed by atoms with van der Waals surface area (Å²) >= 11 is 0. The van der Waals surface area contributed by atoms with Gasteiger partial charge in [-0.25, -0.2) is 0 Å². The number of carbonyl (C=O) groups excluding carboxylic acids is 1. The lowest BCUT2D eigenvalue weighted by Crippen LogP contribution is -2.10. The van der Waals surface area contributed by atoms with Crippen molar-refractivity contribution < 1.29 is 4.79 Å². The zero-order valence-corrected chi connectivity index (χ0v) is 10.4. The molecule has 2 N–H and O–H groups in total. The SMILES string of the molecule is CC.CN(C)c1cc(N)ccc1/C=C\C=O. The lowest BCUT2D eigenvalue weighted by molar-refractivity contribution is -0.104. The van der Waals surface area contributed by atoms with Crippen molar-refractivity contribution in [2.24, 2.45) is 0 Å². The van der Waals surface area contributed by atoms with Crippen LogP contribution in [0.25, 0.3) is 6.08 Å². The second-order valence-electron chi connectivity index (χ2n) is 3.21. The zero-order valence-electron chi connectivity index (χ0n) is 10.4. The van der Waals surface area contributed by atoms with Crippen LogP contribution in [0.15, 0.2) is 24.3 Å². The molecule has 3 nitrogen and oxygen atoms in total. The van der Waals surface area contributed by atoms with E-state index in [1.165, 1.54) is 6.08 Å². The van der Waals surface area contributed by atoms with Gasteiger partial charge in [0.05, 0.1) is 0 Å². The minimum absolute atomic E-state index is 0.719. The van der Waals surface area contributed by atoms with Crippen LogP contribution in [0.2, 0.25) is 0 Å². The Kier molecular flexibility index (Phi) is 6.68. The van der Waals surface area contributed by atoms with Crippen molar-refractivity contribution in [1.29, 1.82) is 0 Å². The summed E-state index contributed by atoms with van der Waals surface area (Å²) in [4.78, 5) is 12.2. The van der Waals surface area contributed by atoms with Crippen LogP contribution in [0.1, 0.15) is 19.4 Å². The van der Waals surface area contributed by atoms with Crippen molar-refractivity contribution in [3.8, 4) is 0 Å². The van der Waals surface area contributed by atoms with Gasteiger partial charge < -0.3 is 10.6 Å². The van der Waals surface area contributed by atoms with E-state index >= 15 is 0 Å². The van der Waals surface area contributed by atoms with E-state index in [1.807, 2.05) is 51.0 Å². The zero-order chi connectivity index (χ0) is 12.6. The molecule has 0 aliphatic rings. The molecule has 0 aliphatic heterocycles. The maximum absolute atomic E-state index is 10.2. The molecule has 0 aromatic heterocycles. The Hall–Kier alpha value is -1.77. The van der Waals surface area contributed by atoms with E-state index in [1.54, 1.807) is 6.08 Å². The molecule has 16 heavy (non-hydrogen) atoms. The number of hydrogen-bond donors (Lipinski definition) is 1. The van der Waals surface area contributed by atoms with Crippen LogP contribution in [-0.2, 0) is 4.79 Å². The number of nitrogen functional groups attached to an aromatic ring is 1. The monoisotopic (exact) mass is 220 g/mol. The average molecular weight is 220 g/mol. The molecule has 3 heteroatoms. The third-order valence-corrected chi connectivity index (χ3v) is 1.89. The first-order valence-electron chi connectivity index (χ1n) is 5.34. The fourth-order valence-corrected chi connectivity index (χ4v) is 1.23. The van der Waals surface area contributed by atoms with Crippen LogP contribution in [0.3, 0.4) is 0 Å². The Morgan fingerprint density at radius 3 is 2.38 bits per heavy atom. The van der Waals surface area contributed by atoms with Crippen molar-refractivity contribution >= 4 is 23.7 Å². The standard InChI is InChI=1S/C11H14N2O.C2H6/c1-13(2)11-8-10(12)6-5-9(11)4-3-7-14;1-2/h3-8H,12H2,1-2H3;1-2H3/b4-3-;. The number of nitrogens with zero attached hydrogens (tertiary/aromatic N) is 1. The molecule has 0 atom stereocenters. The van der Waals surface area contributed by atoms with E-state index in [2.05, 4.69) is 0 Å². The van der Waals surface area contributed by atoms with Crippen LogP contribution < -0.4 is 10.6 Å². The Balaban J connectivity index is 0.00000106. The summed E-state index contributed by atoms with van der Waals surface area (Å²) in [5.41, 5.74) is 8.38. The highest BCUT2D eigenvalue weighted by molar-refractivity contribution is 5.79. The number of rotatable bonds is 3. The number of hydrogen-bond acceptors (Lipinski definition) is 3. The second-order valence-corrected chi connectivity index (χ2v) is 3.21. The second kappa shape index (κ2) is 7.51. The molecule has 0 unspecified atom stereocenters. The third kappa shape index (κ3) is 4.17. The normalized spacial score (nSPS) is 9.50. The molecule has 0 radical (unpaired) electrons. The third-order valence-electron chi connectivity index (χ3n) is 1.89. The highest BCUT2D eigenvalue weighted by Crippen LogP contribution is 2.22. The number of allylic oxidation sites excluding steroid dienone is 1. The van der Waals surface area contributed by atoms with Crippen molar-refractivity contribution in [3.63, 3.8) is 0 Å². The van der Waals surface area contributed by atoms with Crippen LogP contribution in [0.4, 0.5) is 11.4 Å². The maximum Gasteiger partial charge on any atom is 0.142 e. The number of carbonyl (C=O) groups is 1. The average Bonchev–Trinajstić information content (AvgIpc) is 2.30. The van der Waals surface area contributed by atoms with E-state index in [0.717, 1.165) is 23.2 Å². The Labute approximate surface area is 97.6 Å². The smallest absolute Gasteiger partial charge is 0.142 e. The van der Waals surface area contributed by atoms with E-state index in [-0.39, 0.29) is 0 Å². The first kappa shape index (κ1) is 14.2. The first-order chi connectivity index (χ1) is 7.65. The molecule has 0 spiro atoms. The van der Waals surface area contributed by atoms with Crippen LogP contribution in [0.5, 0.6) is 0 Å². The number of aldehydes is 1. The maximum atomic E-state index is 10.2. The van der Waals surface area contributed by atoms with Crippen LogP contribution >= 0.6 is 0 Å². The van der Waals surface area contributed by atoms with Crippen molar-refractivity contribution in [2.75, 3.05) is 24.7 Å². The molecule has 88 valence electrons. The molecule has 0 saturated heterocycles. The summed E-state index contributed by atoms with van der Waals surface area (Å²) in [5, 5.41) is 0. The van der Waals surface area contributed by atoms with Gasteiger partial charge in [0.15, 0.2) is 0 Å². The van der Waals surface area contributed by atoms with Crippen LogP contribution in [0, 0.1) is 0 Å². The summed E-state index contributed by atoms with van der Waals surface area (Å²) in [7, 11) is 3.88. The Bertz CT molecular complexity index is 357. The molecule has 0 heterocycles. The summed E-state index contributed by atoms with van der Waals surface area (Å²) < 4.78 is 0. The number of benzene rings is 1. The van der Waals surface area contributed by atoms with Gasteiger partial charge in [-0.2, -0.15) is 0 Å². The van der Waals surface area contributed by atoms with E-state index in [4.69, 9.17) is 5.73 Å². The molecule has 1 rings (SSSR count). The molecule has 1 aromatic carbocycles. The minimum atomic E-state index is 0.719. The highest BCUT2D eigenvalue weighted by Gasteiger charge is 2.01. The number of nitrogens with two attached hydrogens (primary N) is 1. The van der Waals surface area contributed by atoms with Gasteiger partial charge in [-0.05, 0) is 29.8 Å². The first-order valence-corrected chi connectivity index (χ1v) is 5.34. The molecular weight excluding hydrogens is 200 g/mol. The van der Waals surface area contributed by atoms with Gasteiger partial charge in [0.2, 0.25) is 0 Å². The quantitative estimate of drug-likeness (QED) is 0.484. The van der Waals surface area contributed by atoms with Crippen molar-refractivity contribution in [2.45, 2.75) is 13.8 Å². The molecule has 1 aromatic rings. The van der Waals surface area contributed by atoms with Gasteiger partial charge in [0.1, 0.15) is 6.29 Å². The van der Waals surface area contributed by atoms with Crippen molar-refractivity contribution in [1.82, 2.24) is 0 Å². The molecule has 0 saturated carbocycles. The van der Waals surface area contributed by atoms with Crippen molar-refractivity contribution in [3.05, 3.63) is 29.8 Å². The lowest BCUT2D eigenvalue weighted by atomic mass is 10.1. The Morgan fingerprint density at radius 2 is 1.88 bits per heavy atom. The summed E-state index contributed by atoms with van der Waals surface area (Å²) in [6.45, 7) is 4.00. The number of anilines is 2. The fraction of sp³-hybridized carbons (Fsp3) is 0.308. The minimum Gasteiger partial charge on any atom is -0.399 e. The molecule has 0 amide bonds. The Morgan fingerprint density at radius 1 is 1.25 bits per heavy atom. The largest absolute Gasteiger partial charge is 0.399 e. The van der Waals surface area contributed by atoms with Gasteiger partial charge in [0.25, 0.3) is 0 Å². The molecule has 0 bridgehead atoms. The molecule has 0 aliphatic carbocycles. The van der Waals surface area contributed by atoms with Crippen LogP contribution in [-0.4, -0.2) is 20.4 Å². The molecular formula is C13H20N2O. The van der Waals surface area contributed by atoms with Gasteiger partial charge in [-0.15, -0.1) is 0 Å².